The van der Waals surface area contributed by atoms with Crippen LogP contribution in [0.2, 0.25) is 0 Å². The summed E-state index contributed by atoms with van der Waals surface area (Å²) in [6.45, 7) is 6.59. The van der Waals surface area contributed by atoms with Crippen LogP contribution in [0.15, 0.2) is 36.5 Å². The lowest BCUT2D eigenvalue weighted by Gasteiger charge is -2.18. The molecule has 0 N–H and O–H groups in total. The third kappa shape index (κ3) is 64.5. The van der Waals surface area contributed by atoms with Crippen molar-refractivity contribution in [3.8, 4) is 0 Å². The van der Waals surface area contributed by atoms with Gasteiger partial charge in [-0.1, -0.05) is 353 Å². The Morgan fingerprint density at radius 1 is 0.269 bits per heavy atom. The molecule has 0 spiro atoms. The SMILES string of the molecule is CC/C=C\C/C=C\C/C=C\CCCCCCCC(=O)OCC(COC(=O)CCCCCCCCCCCCCCCCCCCCCCCCCCCCCC)OC(=O)CCCCCCCCCCCCCCCCCCC. The number of hydrogen-bond donors (Lipinski definition) is 0. The Hall–Kier alpha value is -2.37. The summed E-state index contributed by atoms with van der Waals surface area (Å²) in [6, 6.07) is 0. The largest absolute Gasteiger partial charge is 0.462 e. The molecule has 1 unspecified atom stereocenters. The Bertz CT molecular complexity index is 1300. The zero-order chi connectivity index (χ0) is 56.4. The predicted molar refractivity (Wildman–Crippen MR) is 339 cm³/mol. The number of ether oxygens (including phenoxy) is 3. The number of unbranched alkanes of at least 4 members (excludes halogenated alkanes) is 48. The van der Waals surface area contributed by atoms with Crippen LogP contribution in [0, 0.1) is 0 Å². The van der Waals surface area contributed by atoms with Gasteiger partial charge in [-0.3, -0.25) is 14.4 Å². The molecule has 0 rings (SSSR count). The molecule has 0 heterocycles. The minimum atomic E-state index is -0.777. The first kappa shape index (κ1) is 75.6. The first-order chi connectivity index (χ1) is 38.5. The number of esters is 3. The summed E-state index contributed by atoms with van der Waals surface area (Å²) >= 11 is 0. The van der Waals surface area contributed by atoms with E-state index in [1.807, 2.05) is 0 Å². The number of rotatable bonds is 65. The molecule has 0 amide bonds. The van der Waals surface area contributed by atoms with Gasteiger partial charge in [0.25, 0.3) is 0 Å². The van der Waals surface area contributed by atoms with Crippen LogP contribution < -0.4 is 0 Å². The molecule has 0 aromatic carbocycles. The van der Waals surface area contributed by atoms with E-state index in [9.17, 15) is 14.4 Å². The fourth-order valence-electron chi connectivity index (χ4n) is 10.7. The molecule has 0 aromatic heterocycles. The summed E-state index contributed by atoms with van der Waals surface area (Å²) < 4.78 is 17.0. The van der Waals surface area contributed by atoms with E-state index in [0.29, 0.717) is 19.3 Å². The molecule has 0 saturated carbocycles. The molecule has 0 aliphatic heterocycles. The second-order valence-electron chi connectivity index (χ2n) is 23.8. The van der Waals surface area contributed by atoms with Gasteiger partial charge in [0.05, 0.1) is 0 Å². The zero-order valence-corrected chi connectivity index (χ0v) is 52.7. The van der Waals surface area contributed by atoms with Crippen LogP contribution in [0.1, 0.15) is 387 Å². The number of allylic oxidation sites excluding steroid dienone is 6. The van der Waals surface area contributed by atoms with Crippen molar-refractivity contribution in [3.05, 3.63) is 36.5 Å². The summed E-state index contributed by atoms with van der Waals surface area (Å²) in [4.78, 5) is 38.4. The highest BCUT2D eigenvalue weighted by molar-refractivity contribution is 5.71. The maximum Gasteiger partial charge on any atom is 0.306 e. The van der Waals surface area contributed by atoms with Crippen molar-refractivity contribution in [3.63, 3.8) is 0 Å². The highest BCUT2D eigenvalue weighted by Crippen LogP contribution is 2.19. The molecule has 458 valence electrons. The maximum atomic E-state index is 12.9. The van der Waals surface area contributed by atoms with Gasteiger partial charge in [0.1, 0.15) is 13.2 Å². The lowest BCUT2D eigenvalue weighted by atomic mass is 10.0. The van der Waals surface area contributed by atoms with Gasteiger partial charge in [-0.05, 0) is 51.4 Å². The van der Waals surface area contributed by atoms with Gasteiger partial charge in [-0.25, -0.2) is 0 Å². The van der Waals surface area contributed by atoms with E-state index >= 15 is 0 Å². The lowest BCUT2D eigenvalue weighted by Crippen LogP contribution is -2.30. The Morgan fingerprint density at radius 2 is 0.500 bits per heavy atom. The Morgan fingerprint density at radius 3 is 0.782 bits per heavy atom. The molecular weight excluding hydrogens is 961 g/mol. The van der Waals surface area contributed by atoms with Crippen LogP contribution in [0.4, 0.5) is 0 Å². The highest BCUT2D eigenvalue weighted by Gasteiger charge is 2.19. The summed E-state index contributed by atoms with van der Waals surface area (Å²) in [5.41, 5.74) is 0. The van der Waals surface area contributed by atoms with Gasteiger partial charge in [0.15, 0.2) is 6.10 Å². The number of carbonyl (C=O) groups is 3. The van der Waals surface area contributed by atoms with Crippen molar-refractivity contribution in [1.82, 2.24) is 0 Å². The van der Waals surface area contributed by atoms with E-state index in [2.05, 4.69) is 57.2 Å². The van der Waals surface area contributed by atoms with Crippen molar-refractivity contribution in [2.24, 2.45) is 0 Å². The molecule has 0 saturated heterocycles. The molecule has 6 nitrogen and oxygen atoms in total. The molecule has 0 radical (unpaired) electrons. The van der Waals surface area contributed by atoms with Gasteiger partial charge in [0.2, 0.25) is 0 Å². The van der Waals surface area contributed by atoms with Gasteiger partial charge < -0.3 is 14.2 Å². The summed E-state index contributed by atoms with van der Waals surface area (Å²) in [5.74, 6) is -0.860. The highest BCUT2D eigenvalue weighted by atomic mass is 16.6. The fourth-order valence-corrected chi connectivity index (χ4v) is 10.7. The summed E-state index contributed by atoms with van der Waals surface area (Å²) in [6.07, 6.45) is 83.2. The van der Waals surface area contributed by atoms with Gasteiger partial charge in [-0.15, -0.1) is 0 Å². The lowest BCUT2D eigenvalue weighted by molar-refractivity contribution is -0.167. The number of carbonyl (C=O) groups excluding carboxylic acids is 3. The van der Waals surface area contributed by atoms with Crippen LogP contribution in [-0.2, 0) is 28.6 Å². The van der Waals surface area contributed by atoms with Crippen molar-refractivity contribution < 1.29 is 28.6 Å². The average Bonchev–Trinajstić information content (AvgIpc) is 3.44. The predicted octanol–water partition coefficient (Wildman–Crippen LogP) is 23.9. The fraction of sp³-hybridized carbons (Fsp3) is 0.875. The normalized spacial score (nSPS) is 12.2. The molecule has 78 heavy (non-hydrogen) atoms. The van der Waals surface area contributed by atoms with Crippen LogP contribution in [0.25, 0.3) is 0 Å². The summed E-state index contributed by atoms with van der Waals surface area (Å²) in [5, 5.41) is 0. The quantitative estimate of drug-likeness (QED) is 0.0261. The molecular formula is C72H134O6. The minimum Gasteiger partial charge on any atom is -0.462 e. The van der Waals surface area contributed by atoms with E-state index in [1.165, 1.54) is 250 Å². The topological polar surface area (TPSA) is 78.9 Å². The molecule has 0 bridgehead atoms. The molecule has 0 fully saturated rings. The second kappa shape index (κ2) is 67.1. The Labute approximate surface area is 486 Å². The van der Waals surface area contributed by atoms with E-state index in [-0.39, 0.29) is 31.1 Å². The van der Waals surface area contributed by atoms with Gasteiger partial charge in [0, 0.05) is 19.3 Å². The minimum absolute atomic E-state index is 0.0720. The van der Waals surface area contributed by atoms with Crippen LogP contribution >= 0.6 is 0 Å². The van der Waals surface area contributed by atoms with Gasteiger partial charge in [-0.2, -0.15) is 0 Å². The van der Waals surface area contributed by atoms with Crippen molar-refractivity contribution in [2.45, 2.75) is 393 Å². The average molecular weight is 1100 g/mol. The van der Waals surface area contributed by atoms with Crippen LogP contribution in [0.5, 0.6) is 0 Å². The van der Waals surface area contributed by atoms with Crippen molar-refractivity contribution >= 4 is 17.9 Å². The third-order valence-corrected chi connectivity index (χ3v) is 15.9. The Kier molecular flexibility index (Phi) is 65.1. The van der Waals surface area contributed by atoms with Crippen molar-refractivity contribution in [1.29, 1.82) is 0 Å². The molecule has 0 aliphatic carbocycles. The standard InChI is InChI=1S/C72H134O6/c1-4-7-10-13-16-19-22-25-28-30-31-32-33-34-35-36-37-38-39-40-42-44-47-50-53-56-59-62-65-71(74)77-68-69(67-76-70(73)64-61-58-55-52-49-46-43-27-24-21-18-15-12-9-6-3)78-72(75)66-63-60-57-54-51-48-45-41-29-26-23-20-17-14-11-8-5-2/h9,12,18,21,27,43,69H,4-8,10-11,13-17,19-20,22-26,28-42,44-68H2,1-3H3/b12-9-,21-18-,43-27-. The van der Waals surface area contributed by atoms with Gasteiger partial charge >= 0.3 is 17.9 Å². The zero-order valence-electron chi connectivity index (χ0n) is 52.7. The van der Waals surface area contributed by atoms with Crippen molar-refractivity contribution in [2.75, 3.05) is 13.2 Å². The maximum absolute atomic E-state index is 12.9. The Balaban J connectivity index is 4.20. The van der Waals surface area contributed by atoms with Crippen LogP contribution in [0.3, 0.4) is 0 Å². The molecule has 0 aromatic rings. The van der Waals surface area contributed by atoms with E-state index in [1.54, 1.807) is 0 Å². The summed E-state index contributed by atoms with van der Waals surface area (Å²) in [7, 11) is 0. The first-order valence-corrected chi connectivity index (χ1v) is 35.0. The molecule has 1 atom stereocenters. The molecule has 6 heteroatoms. The number of hydrogen-bond acceptors (Lipinski definition) is 6. The molecule has 0 aliphatic rings. The second-order valence-corrected chi connectivity index (χ2v) is 23.8. The van der Waals surface area contributed by atoms with Crippen LogP contribution in [-0.4, -0.2) is 37.2 Å². The smallest absolute Gasteiger partial charge is 0.306 e. The first-order valence-electron chi connectivity index (χ1n) is 35.0. The van der Waals surface area contributed by atoms with E-state index in [0.717, 1.165) is 96.3 Å². The van der Waals surface area contributed by atoms with E-state index < -0.39 is 6.10 Å². The monoisotopic (exact) mass is 1100 g/mol. The third-order valence-electron chi connectivity index (χ3n) is 15.9. The van der Waals surface area contributed by atoms with E-state index in [4.69, 9.17) is 14.2 Å².